The van der Waals surface area contributed by atoms with Crippen molar-refractivity contribution in [2.24, 2.45) is 11.7 Å². The molecule has 0 heterocycles. The van der Waals surface area contributed by atoms with Crippen molar-refractivity contribution in [2.45, 2.75) is 25.8 Å². The summed E-state index contributed by atoms with van der Waals surface area (Å²) in [6.45, 7) is 3.43. The van der Waals surface area contributed by atoms with Crippen LogP contribution in [0.3, 0.4) is 0 Å². The number of carbonyl (C=O) groups excluding carboxylic acids is 1. The first-order valence-electron chi connectivity index (χ1n) is 5.48. The van der Waals surface area contributed by atoms with Crippen LogP contribution >= 0.6 is 0 Å². The van der Waals surface area contributed by atoms with Crippen molar-refractivity contribution >= 4 is 11.8 Å². The smallest absolute Gasteiger partial charge is 0.306 e. The minimum absolute atomic E-state index is 0.258. The lowest BCUT2D eigenvalue weighted by atomic mass is 9.79. The normalized spacial score (nSPS) is 14.4. The molecule has 0 spiro atoms. The van der Waals surface area contributed by atoms with Gasteiger partial charge in [-0.15, -0.1) is 0 Å². The highest BCUT2D eigenvalue weighted by molar-refractivity contribution is 5.94. The molecule has 1 unspecified atom stereocenters. The summed E-state index contributed by atoms with van der Waals surface area (Å²) in [5, 5.41) is 8.91. The second kappa shape index (κ2) is 5.10. The molecule has 1 rings (SSSR count). The van der Waals surface area contributed by atoms with Gasteiger partial charge < -0.3 is 10.8 Å². The maximum absolute atomic E-state index is 12.1. The van der Waals surface area contributed by atoms with E-state index in [2.05, 4.69) is 0 Å². The lowest BCUT2D eigenvalue weighted by molar-refractivity contribution is -0.142. The van der Waals surface area contributed by atoms with Crippen molar-refractivity contribution in [3.05, 3.63) is 35.9 Å². The Hall–Kier alpha value is -1.68. The molecule has 3 N–H and O–H groups in total. The lowest BCUT2D eigenvalue weighted by Gasteiger charge is -2.28. The van der Waals surface area contributed by atoms with Crippen LogP contribution in [0.25, 0.3) is 0 Å². The molecule has 4 heteroatoms. The largest absolute Gasteiger partial charge is 0.481 e. The van der Waals surface area contributed by atoms with Crippen LogP contribution in [0.1, 0.15) is 25.8 Å². The summed E-state index contributed by atoms with van der Waals surface area (Å²) in [5.41, 5.74) is 5.13. The quantitative estimate of drug-likeness (QED) is 0.811. The Morgan fingerprint density at radius 3 is 2.24 bits per heavy atom. The molecule has 1 atom stereocenters. The van der Waals surface area contributed by atoms with Gasteiger partial charge in [-0.1, -0.05) is 44.2 Å². The van der Waals surface area contributed by atoms with Crippen molar-refractivity contribution in [1.29, 1.82) is 0 Å². The number of carboxylic acid groups (broad SMARTS) is 1. The van der Waals surface area contributed by atoms with Gasteiger partial charge in [-0.2, -0.15) is 0 Å². The van der Waals surface area contributed by atoms with Gasteiger partial charge in [0.25, 0.3) is 0 Å². The number of hydrogen-bond acceptors (Lipinski definition) is 3. The number of carboxylic acids is 1. The molecule has 0 aromatic heterocycles. The molecule has 0 aliphatic heterocycles. The standard InChI is InChI=1S/C13H17NO3/c1-9(2)12(17)13(14,8-11(15)16)10-6-4-3-5-7-10/h3-7,9H,8,14H2,1-2H3,(H,15,16). The average molecular weight is 235 g/mol. The van der Waals surface area contributed by atoms with Crippen LogP contribution in [0, 0.1) is 5.92 Å². The zero-order valence-corrected chi connectivity index (χ0v) is 10.0. The van der Waals surface area contributed by atoms with E-state index in [-0.39, 0.29) is 11.7 Å². The third-order valence-electron chi connectivity index (χ3n) is 2.68. The fourth-order valence-corrected chi connectivity index (χ4v) is 1.82. The van der Waals surface area contributed by atoms with Crippen LogP contribution in [0.15, 0.2) is 30.3 Å². The molecular formula is C13H17NO3. The summed E-state index contributed by atoms with van der Waals surface area (Å²) in [4.78, 5) is 23.0. The second-order valence-corrected chi connectivity index (χ2v) is 4.43. The molecule has 92 valence electrons. The number of aliphatic carboxylic acids is 1. The summed E-state index contributed by atoms with van der Waals surface area (Å²) in [5.74, 6) is -1.64. The van der Waals surface area contributed by atoms with E-state index < -0.39 is 17.9 Å². The van der Waals surface area contributed by atoms with Crippen LogP contribution < -0.4 is 5.73 Å². The molecule has 4 nitrogen and oxygen atoms in total. The Kier molecular flexibility index (Phi) is 4.02. The number of Topliss-reactive ketones (excluding diaryl/α,β-unsaturated/α-hetero) is 1. The van der Waals surface area contributed by atoms with Crippen LogP contribution in [0.2, 0.25) is 0 Å². The fourth-order valence-electron chi connectivity index (χ4n) is 1.82. The number of carbonyl (C=O) groups is 2. The highest BCUT2D eigenvalue weighted by atomic mass is 16.4. The summed E-state index contributed by atoms with van der Waals surface area (Å²) in [6.07, 6.45) is -0.395. The van der Waals surface area contributed by atoms with Crippen LogP contribution in [0.5, 0.6) is 0 Å². The average Bonchev–Trinajstić information content (AvgIpc) is 2.28. The molecule has 17 heavy (non-hydrogen) atoms. The number of ketones is 1. The number of hydrogen-bond donors (Lipinski definition) is 2. The lowest BCUT2D eigenvalue weighted by Crippen LogP contribution is -2.48. The Balaban J connectivity index is 3.20. The number of nitrogens with two attached hydrogens (primary N) is 1. The van der Waals surface area contributed by atoms with Crippen molar-refractivity contribution in [1.82, 2.24) is 0 Å². The molecule has 0 saturated carbocycles. The second-order valence-electron chi connectivity index (χ2n) is 4.43. The Morgan fingerprint density at radius 1 is 1.29 bits per heavy atom. The molecule has 0 amide bonds. The van der Waals surface area contributed by atoms with Gasteiger partial charge in [-0.05, 0) is 5.56 Å². The van der Waals surface area contributed by atoms with Crippen LogP contribution in [0.4, 0.5) is 0 Å². The molecule has 0 bridgehead atoms. The molecule has 0 saturated heterocycles. The van der Waals surface area contributed by atoms with E-state index in [0.29, 0.717) is 5.56 Å². The zero-order valence-electron chi connectivity index (χ0n) is 10.0. The van der Waals surface area contributed by atoms with E-state index in [9.17, 15) is 9.59 Å². The first kappa shape index (κ1) is 13.4. The van der Waals surface area contributed by atoms with Crippen molar-refractivity contribution in [2.75, 3.05) is 0 Å². The zero-order chi connectivity index (χ0) is 13.1. The topological polar surface area (TPSA) is 80.4 Å². The highest BCUT2D eigenvalue weighted by Gasteiger charge is 2.39. The maximum Gasteiger partial charge on any atom is 0.306 e. The van der Waals surface area contributed by atoms with E-state index >= 15 is 0 Å². The highest BCUT2D eigenvalue weighted by Crippen LogP contribution is 2.26. The van der Waals surface area contributed by atoms with Gasteiger partial charge in [0.15, 0.2) is 5.78 Å². The maximum atomic E-state index is 12.1. The van der Waals surface area contributed by atoms with E-state index in [1.807, 2.05) is 0 Å². The number of benzene rings is 1. The van der Waals surface area contributed by atoms with Gasteiger partial charge in [0.1, 0.15) is 5.54 Å². The third kappa shape index (κ3) is 2.91. The first-order valence-corrected chi connectivity index (χ1v) is 5.48. The van der Waals surface area contributed by atoms with Gasteiger partial charge in [0, 0.05) is 5.92 Å². The van der Waals surface area contributed by atoms with Gasteiger partial charge in [0.05, 0.1) is 6.42 Å². The Morgan fingerprint density at radius 2 is 1.82 bits per heavy atom. The number of rotatable bonds is 5. The minimum atomic E-state index is -1.44. The van der Waals surface area contributed by atoms with E-state index in [4.69, 9.17) is 10.8 Å². The first-order chi connectivity index (χ1) is 7.88. The van der Waals surface area contributed by atoms with Gasteiger partial charge in [0.2, 0.25) is 0 Å². The molecule has 0 fully saturated rings. The molecule has 1 aromatic carbocycles. The van der Waals surface area contributed by atoms with E-state index in [1.165, 1.54) is 0 Å². The monoisotopic (exact) mass is 235 g/mol. The van der Waals surface area contributed by atoms with Crippen molar-refractivity contribution < 1.29 is 14.7 Å². The van der Waals surface area contributed by atoms with Crippen molar-refractivity contribution in [3.63, 3.8) is 0 Å². The Labute approximate surface area is 100 Å². The summed E-state index contributed by atoms with van der Waals surface area (Å²) in [6, 6.07) is 8.65. The third-order valence-corrected chi connectivity index (χ3v) is 2.68. The summed E-state index contributed by atoms with van der Waals surface area (Å²) < 4.78 is 0. The van der Waals surface area contributed by atoms with E-state index in [0.717, 1.165) is 0 Å². The van der Waals surface area contributed by atoms with E-state index in [1.54, 1.807) is 44.2 Å². The molecular weight excluding hydrogens is 218 g/mol. The van der Waals surface area contributed by atoms with Crippen LogP contribution in [-0.2, 0) is 15.1 Å². The van der Waals surface area contributed by atoms with Gasteiger partial charge in [-0.25, -0.2) is 0 Å². The van der Waals surface area contributed by atoms with Gasteiger partial charge >= 0.3 is 5.97 Å². The summed E-state index contributed by atoms with van der Waals surface area (Å²) >= 11 is 0. The van der Waals surface area contributed by atoms with Gasteiger partial charge in [-0.3, -0.25) is 9.59 Å². The minimum Gasteiger partial charge on any atom is -0.481 e. The van der Waals surface area contributed by atoms with Crippen molar-refractivity contribution in [3.8, 4) is 0 Å². The molecule has 0 radical (unpaired) electrons. The van der Waals surface area contributed by atoms with Crippen LogP contribution in [-0.4, -0.2) is 16.9 Å². The molecule has 0 aliphatic rings. The summed E-state index contributed by atoms with van der Waals surface area (Å²) in [7, 11) is 0. The Bertz CT molecular complexity index is 414. The fraction of sp³-hybridized carbons (Fsp3) is 0.385. The SMILES string of the molecule is CC(C)C(=O)C(N)(CC(=O)O)c1ccccc1. The molecule has 1 aromatic rings. The molecule has 0 aliphatic carbocycles. The predicted molar refractivity (Wildman–Crippen MR) is 64.4 cm³/mol. The predicted octanol–water partition coefficient (Wildman–Crippen LogP) is 1.54.